The van der Waals surface area contributed by atoms with Crippen molar-refractivity contribution < 1.29 is 13.2 Å². The van der Waals surface area contributed by atoms with Crippen molar-refractivity contribution >= 4 is 21.4 Å². The number of rotatable bonds is 6. The van der Waals surface area contributed by atoms with Crippen LogP contribution >= 0.6 is 0 Å². The third-order valence-corrected chi connectivity index (χ3v) is 5.21. The fourth-order valence-corrected chi connectivity index (χ4v) is 3.06. The van der Waals surface area contributed by atoms with Gasteiger partial charge in [-0.3, -0.25) is 4.79 Å². The van der Waals surface area contributed by atoms with Crippen molar-refractivity contribution in [3.05, 3.63) is 23.8 Å². The molecule has 1 saturated carbocycles. The summed E-state index contributed by atoms with van der Waals surface area (Å²) in [5, 5.41) is 15.0. The Balaban J connectivity index is 2.03. The highest BCUT2D eigenvalue weighted by atomic mass is 32.2. The van der Waals surface area contributed by atoms with Crippen molar-refractivity contribution in [1.29, 1.82) is 5.26 Å². The Morgan fingerprint density at radius 2 is 2.09 bits per heavy atom. The smallest absolute Gasteiger partial charge is 0.240 e. The summed E-state index contributed by atoms with van der Waals surface area (Å²) >= 11 is 0. The zero-order chi connectivity index (χ0) is 17.3. The largest absolute Gasteiger partial charge is 0.376 e. The molecule has 0 bridgehead atoms. The van der Waals surface area contributed by atoms with Gasteiger partial charge < -0.3 is 10.6 Å². The van der Waals surface area contributed by atoms with Crippen molar-refractivity contribution in [2.24, 2.45) is 5.92 Å². The van der Waals surface area contributed by atoms with Gasteiger partial charge in [0.25, 0.3) is 0 Å². The number of nitriles is 1. The van der Waals surface area contributed by atoms with Gasteiger partial charge in [-0.25, -0.2) is 8.42 Å². The van der Waals surface area contributed by atoms with Gasteiger partial charge in [-0.05, 0) is 50.3 Å². The molecule has 1 atom stereocenters. The molecule has 2 rings (SSSR count). The minimum absolute atomic E-state index is 0.0158. The first-order valence-electron chi connectivity index (χ1n) is 7.42. The van der Waals surface area contributed by atoms with Gasteiger partial charge in [-0.2, -0.15) is 5.26 Å². The fourth-order valence-electron chi connectivity index (χ4n) is 2.41. The number of carbonyl (C=O) groups is 1. The van der Waals surface area contributed by atoms with Crippen molar-refractivity contribution in [2.75, 3.05) is 18.1 Å². The highest BCUT2D eigenvalue weighted by Gasteiger charge is 2.42. The summed E-state index contributed by atoms with van der Waals surface area (Å²) in [6.45, 7) is 3.55. The third-order valence-electron chi connectivity index (χ3n) is 4.10. The fraction of sp³-hybridized carbons (Fsp3) is 0.500. The summed E-state index contributed by atoms with van der Waals surface area (Å²) in [5.74, 6) is -0.0724. The molecule has 1 aromatic carbocycles. The molecule has 1 aliphatic rings. The summed E-state index contributed by atoms with van der Waals surface area (Å²) < 4.78 is 23.2. The number of anilines is 1. The number of amides is 1. The molecule has 1 aliphatic carbocycles. The van der Waals surface area contributed by atoms with Crippen LogP contribution in [-0.2, 0) is 14.6 Å². The van der Waals surface area contributed by atoms with Crippen molar-refractivity contribution in [3.63, 3.8) is 0 Å². The Labute approximate surface area is 136 Å². The maximum atomic E-state index is 12.1. The third kappa shape index (κ3) is 4.23. The average molecular weight is 335 g/mol. The van der Waals surface area contributed by atoms with Crippen LogP contribution in [0.3, 0.4) is 0 Å². The molecule has 1 amide bonds. The molecule has 0 spiro atoms. The van der Waals surface area contributed by atoms with Gasteiger partial charge in [0.05, 0.1) is 17.5 Å². The average Bonchev–Trinajstić information content (AvgIpc) is 3.30. The van der Waals surface area contributed by atoms with E-state index in [0.29, 0.717) is 5.69 Å². The predicted octanol–water partition coefficient (Wildman–Crippen LogP) is 1.62. The lowest BCUT2D eigenvalue weighted by atomic mass is 9.98. The Bertz CT molecular complexity index is 763. The molecule has 23 heavy (non-hydrogen) atoms. The van der Waals surface area contributed by atoms with Crippen molar-refractivity contribution in [1.82, 2.24) is 5.32 Å². The minimum atomic E-state index is -3.30. The van der Waals surface area contributed by atoms with Gasteiger partial charge in [-0.15, -0.1) is 0 Å². The number of nitrogens with one attached hydrogen (secondary N) is 2. The van der Waals surface area contributed by atoms with Gasteiger partial charge in [0.15, 0.2) is 9.84 Å². The number of benzene rings is 1. The lowest BCUT2D eigenvalue weighted by Crippen LogP contribution is -2.48. The first kappa shape index (κ1) is 17.3. The van der Waals surface area contributed by atoms with E-state index in [1.807, 2.05) is 6.92 Å². The van der Waals surface area contributed by atoms with Crippen molar-refractivity contribution in [2.45, 2.75) is 37.1 Å². The molecule has 124 valence electrons. The SMILES string of the molecule is Cc1ccc(S(C)(=O)=O)cc1NCC(=O)N[C@@](C)(C#N)C1CC1. The summed E-state index contributed by atoms with van der Waals surface area (Å²) in [6.07, 6.45) is 3.04. The second-order valence-corrected chi connectivity index (χ2v) is 8.25. The van der Waals surface area contributed by atoms with Crippen LogP contribution in [0.5, 0.6) is 0 Å². The Morgan fingerprint density at radius 1 is 1.43 bits per heavy atom. The summed E-state index contributed by atoms with van der Waals surface area (Å²) in [5.41, 5.74) is 0.603. The van der Waals surface area contributed by atoms with Gasteiger partial charge in [0.2, 0.25) is 5.91 Å². The number of aryl methyl sites for hydroxylation is 1. The van der Waals surface area contributed by atoms with Crippen LogP contribution in [0.1, 0.15) is 25.3 Å². The molecule has 0 aromatic heterocycles. The van der Waals surface area contributed by atoms with Crippen molar-refractivity contribution in [3.8, 4) is 6.07 Å². The molecular formula is C16H21N3O3S. The summed E-state index contributed by atoms with van der Waals surface area (Å²) in [4.78, 5) is 12.3. The number of hydrogen-bond acceptors (Lipinski definition) is 5. The van der Waals surface area contributed by atoms with E-state index in [9.17, 15) is 18.5 Å². The van der Waals surface area contributed by atoms with E-state index in [0.717, 1.165) is 24.7 Å². The quantitative estimate of drug-likeness (QED) is 0.823. The molecule has 7 heteroatoms. The van der Waals surface area contributed by atoms with Gasteiger partial charge in [-0.1, -0.05) is 6.07 Å². The van der Waals surface area contributed by atoms with E-state index in [1.165, 1.54) is 12.1 Å². The van der Waals surface area contributed by atoms with E-state index in [4.69, 9.17) is 0 Å². The highest BCUT2D eigenvalue weighted by molar-refractivity contribution is 7.90. The normalized spacial score (nSPS) is 17.0. The number of sulfone groups is 1. The Kier molecular flexibility index (Phi) is 4.66. The number of nitrogens with zero attached hydrogens (tertiary/aromatic N) is 1. The molecule has 1 fully saturated rings. The molecule has 2 N–H and O–H groups in total. The second kappa shape index (κ2) is 6.20. The minimum Gasteiger partial charge on any atom is -0.376 e. The lowest BCUT2D eigenvalue weighted by Gasteiger charge is -2.23. The maximum absolute atomic E-state index is 12.1. The molecule has 6 nitrogen and oxygen atoms in total. The van der Waals surface area contributed by atoms with Crippen LogP contribution in [0.2, 0.25) is 0 Å². The van der Waals surface area contributed by atoms with Gasteiger partial charge in [0.1, 0.15) is 5.54 Å². The highest BCUT2D eigenvalue weighted by Crippen LogP contribution is 2.39. The van der Waals surface area contributed by atoms with Crippen LogP contribution in [0.15, 0.2) is 23.1 Å². The van der Waals surface area contributed by atoms with E-state index in [2.05, 4.69) is 16.7 Å². The van der Waals surface area contributed by atoms with Gasteiger partial charge >= 0.3 is 0 Å². The molecule has 0 radical (unpaired) electrons. The first-order valence-corrected chi connectivity index (χ1v) is 9.32. The predicted molar refractivity (Wildman–Crippen MR) is 87.7 cm³/mol. The van der Waals surface area contributed by atoms with E-state index < -0.39 is 15.4 Å². The number of hydrogen-bond donors (Lipinski definition) is 2. The Hall–Kier alpha value is -2.07. The van der Waals surface area contributed by atoms with Gasteiger partial charge in [0, 0.05) is 11.9 Å². The van der Waals surface area contributed by atoms with E-state index in [1.54, 1.807) is 13.0 Å². The van der Waals surface area contributed by atoms with Crippen LogP contribution in [0.25, 0.3) is 0 Å². The molecular weight excluding hydrogens is 314 g/mol. The summed E-state index contributed by atoms with van der Waals surface area (Å²) in [6, 6.07) is 6.92. The zero-order valence-corrected chi connectivity index (χ0v) is 14.3. The van der Waals surface area contributed by atoms with Crippen LogP contribution in [0, 0.1) is 24.2 Å². The zero-order valence-electron chi connectivity index (χ0n) is 13.5. The van der Waals surface area contributed by atoms with E-state index >= 15 is 0 Å². The molecule has 0 aliphatic heterocycles. The standard InChI is InChI=1S/C16H21N3O3S/c1-11-4-7-13(23(3,21)22)8-14(11)18-9-15(20)19-16(2,10-17)12-5-6-12/h4,7-8,12,18H,5-6,9H2,1-3H3,(H,19,20)/t16-/m0/s1. The maximum Gasteiger partial charge on any atom is 0.240 e. The van der Waals surface area contributed by atoms with Crippen LogP contribution < -0.4 is 10.6 Å². The lowest BCUT2D eigenvalue weighted by molar-refractivity contribution is -0.120. The second-order valence-electron chi connectivity index (χ2n) is 6.24. The van der Waals surface area contributed by atoms with Crippen LogP contribution in [-0.4, -0.2) is 32.7 Å². The molecule has 0 unspecified atom stereocenters. The molecule has 1 aromatic rings. The van der Waals surface area contributed by atoms with E-state index in [-0.39, 0.29) is 23.3 Å². The first-order chi connectivity index (χ1) is 10.7. The molecule has 0 heterocycles. The topological polar surface area (TPSA) is 99.1 Å². The molecule has 0 saturated heterocycles. The number of carbonyl (C=O) groups excluding carboxylic acids is 1. The monoisotopic (exact) mass is 335 g/mol. The van der Waals surface area contributed by atoms with Crippen LogP contribution in [0.4, 0.5) is 5.69 Å². The Morgan fingerprint density at radius 3 is 2.61 bits per heavy atom. The summed E-state index contributed by atoms with van der Waals surface area (Å²) in [7, 11) is -3.30.